The standard InChI is InChI=1S/C23H24N4O4/c1-31-20-9-4-8-19-16(20)10-13-27(19)12-5-11-24-21(28)14-18-23(30)25-17-7-3-2-6-15(17)22(29)26-18/h2-4,6-10,13,18H,5,11-12,14H2,1H3,(H,24,28)(H,25,30)(H,26,29)/t18-/m1/s1. The maximum Gasteiger partial charge on any atom is 0.254 e. The predicted octanol–water partition coefficient (Wildman–Crippen LogP) is 2.30. The Kier molecular flexibility index (Phi) is 5.88. The first kappa shape index (κ1) is 20.5. The average molecular weight is 420 g/mol. The van der Waals surface area contributed by atoms with E-state index >= 15 is 0 Å². The topological polar surface area (TPSA) is 101 Å². The lowest BCUT2D eigenvalue weighted by Crippen LogP contribution is -2.44. The van der Waals surface area contributed by atoms with Crippen LogP contribution in [0.5, 0.6) is 5.75 Å². The minimum atomic E-state index is -0.916. The number of carbonyl (C=O) groups is 3. The van der Waals surface area contributed by atoms with Gasteiger partial charge in [-0.25, -0.2) is 0 Å². The van der Waals surface area contributed by atoms with Crippen molar-refractivity contribution in [1.29, 1.82) is 0 Å². The first-order chi connectivity index (χ1) is 15.1. The maximum atomic E-state index is 12.4. The molecule has 1 atom stereocenters. The van der Waals surface area contributed by atoms with E-state index in [-0.39, 0.29) is 18.2 Å². The van der Waals surface area contributed by atoms with Gasteiger partial charge in [0.15, 0.2) is 0 Å². The van der Waals surface area contributed by atoms with Crippen molar-refractivity contribution in [2.45, 2.75) is 25.4 Å². The molecule has 4 rings (SSSR count). The van der Waals surface area contributed by atoms with E-state index in [4.69, 9.17) is 4.74 Å². The molecule has 0 saturated carbocycles. The molecule has 31 heavy (non-hydrogen) atoms. The Morgan fingerprint density at radius 3 is 2.81 bits per heavy atom. The third-order valence-electron chi connectivity index (χ3n) is 5.33. The van der Waals surface area contributed by atoms with Crippen molar-refractivity contribution in [2.24, 2.45) is 0 Å². The number of amides is 3. The van der Waals surface area contributed by atoms with Gasteiger partial charge in [-0.2, -0.15) is 0 Å². The lowest BCUT2D eigenvalue weighted by molar-refractivity contribution is -0.125. The molecule has 1 aromatic heterocycles. The molecule has 160 valence electrons. The molecule has 3 N–H and O–H groups in total. The predicted molar refractivity (Wildman–Crippen MR) is 117 cm³/mol. The highest BCUT2D eigenvalue weighted by Crippen LogP contribution is 2.26. The molecule has 3 amide bonds. The third-order valence-corrected chi connectivity index (χ3v) is 5.33. The van der Waals surface area contributed by atoms with Crippen LogP contribution in [-0.2, 0) is 16.1 Å². The molecule has 0 bridgehead atoms. The first-order valence-electron chi connectivity index (χ1n) is 10.2. The van der Waals surface area contributed by atoms with Gasteiger partial charge in [0.25, 0.3) is 5.91 Å². The van der Waals surface area contributed by atoms with Crippen LogP contribution in [0.15, 0.2) is 54.7 Å². The number of hydrogen-bond acceptors (Lipinski definition) is 4. The minimum absolute atomic E-state index is 0.116. The summed E-state index contributed by atoms with van der Waals surface area (Å²) < 4.78 is 7.49. The number of nitrogens with zero attached hydrogens (tertiary/aromatic N) is 1. The summed E-state index contributed by atoms with van der Waals surface area (Å²) in [5.41, 5.74) is 1.90. The molecule has 0 unspecified atom stereocenters. The quantitative estimate of drug-likeness (QED) is 0.511. The van der Waals surface area contributed by atoms with Crippen LogP contribution in [-0.4, -0.2) is 42.0 Å². The molecule has 1 aliphatic rings. The molecule has 2 heterocycles. The van der Waals surface area contributed by atoms with E-state index in [1.165, 1.54) is 0 Å². The number of fused-ring (bicyclic) bond motifs is 2. The zero-order chi connectivity index (χ0) is 21.8. The molecule has 0 aliphatic carbocycles. The number of rotatable bonds is 7. The molecule has 0 spiro atoms. The van der Waals surface area contributed by atoms with E-state index < -0.39 is 11.9 Å². The van der Waals surface area contributed by atoms with Gasteiger partial charge < -0.3 is 25.3 Å². The fourth-order valence-electron chi connectivity index (χ4n) is 3.76. The molecule has 0 fully saturated rings. The van der Waals surface area contributed by atoms with Crippen LogP contribution in [0, 0.1) is 0 Å². The zero-order valence-electron chi connectivity index (χ0n) is 17.2. The monoisotopic (exact) mass is 420 g/mol. The van der Waals surface area contributed by atoms with Crippen molar-refractivity contribution in [2.75, 3.05) is 19.0 Å². The summed E-state index contributed by atoms with van der Waals surface area (Å²) in [4.78, 5) is 37.1. The molecule has 3 aromatic rings. The Hall–Kier alpha value is -3.81. The van der Waals surface area contributed by atoms with Gasteiger partial charge in [0.05, 0.1) is 30.3 Å². The molecule has 0 radical (unpaired) electrons. The number of methoxy groups -OCH3 is 1. The maximum absolute atomic E-state index is 12.4. The molecule has 8 heteroatoms. The van der Waals surface area contributed by atoms with E-state index in [9.17, 15) is 14.4 Å². The SMILES string of the molecule is COc1cccc2c1ccn2CCCNC(=O)C[C@H]1NC(=O)c2ccccc2NC1=O. The van der Waals surface area contributed by atoms with E-state index in [2.05, 4.69) is 20.5 Å². The Labute approximate surface area is 179 Å². The van der Waals surface area contributed by atoms with Crippen LogP contribution in [0.2, 0.25) is 0 Å². The van der Waals surface area contributed by atoms with Crippen molar-refractivity contribution in [3.63, 3.8) is 0 Å². The highest BCUT2D eigenvalue weighted by molar-refractivity contribution is 6.10. The number of ether oxygens (including phenoxy) is 1. The number of nitrogens with one attached hydrogen (secondary N) is 3. The van der Waals surface area contributed by atoms with Gasteiger partial charge in [0.1, 0.15) is 11.8 Å². The second-order valence-corrected chi connectivity index (χ2v) is 7.37. The number of anilines is 1. The van der Waals surface area contributed by atoms with Gasteiger partial charge in [-0.05, 0) is 36.8 Å². The van der Waals surface area contributed by atoms with E-state index in [1.807, 2.05) is 30.5 Å². The number of hydrogen-bond donors (Lipinski definition) is 3. The lowest BCUT2D eigenvalue weighted by atomic mass is 10.1. The van der Waals surface area contributed by atoms with E-state index in [1.54, 1.807) is 31.4 Å². The summed E-state index contributed by atoms with van der Waals surface area (Å²) in [6, 6.07) is 13.8. The van der Waals surface area contributed by atoms with Crippen molar-refractivity contribution in [3.05, 3.63) is 60.3 Å². The summed E-state index contributed by atoms with van der Waals surface area (Å²) in [5.74, 6) is -0.233. The van der Waals surface area contributed by atoms with Crippen LogP contribution in [0.25, 0.3) is 10.9 Å². The second-order valence-electron chi connectivity index (χ2n) is 7.37. The molecular formula is C23H24N4O4. The summed E-state index contributed by atoms with van der Waals surface area (Å²) in [7, 11) is 1.65. The third kappa shape index (κ3) is 4.37. The van der Waals surface area contributed by atoms with Gasteiger partial charge in [-0.3, -0.25) is 14.4 Å². The Bertz CT molecular complexity index is 1140. The number of carbonyl (C=O) groups excluding carboxylic acids is 3. The number of aromatic nitrogens is 1. The largest absolute Gasteiger partial charge is 0.496 e. The van der Waals surface area contributed by atoms with Gasteiger partial charge >= 0.3 is 0 Å². The summed E-state index contributed by atoms with van der Waals surface area (Å²) in [5, 5.41) is 9.21. The van der Waals surface area contributed by atoms with Crippen LogP contribution >= 0.6 is 0 Å². The van der Waals surface area contributed by atoms with E-state index in [0.717, 1.165) is 29.6 Å². The Morgan fingerprint density at radius 1 is 1.13 bits per heavy atom. The van der Waals surface area contributed by atoms with Crippen LogP contribution in [0.4, 0.5) is 5.69 Å². The van der Waals surface area contributed by atoms with Crippen molar-refractivity contribution >= 4 is 34.3 Å². The Morgan fingerprint density at radius 2 is 1.97 bits per heavy atom. The highest BCUT2D eigenvalue weighted by Gasteiger charge is 2.29. The second kappa shape index (κ2) is 8.91. The van der Waals surface area contributed by atoms with Crippen LogP contribution in [0.3, 0.4) is 0 Å². The summed E-state index contributed by atoms with van der Waals surface area (Å²) in [6.07, 6.45) is 2.61. The Balaban J connectivity index is 1.28. The van der Waals surface area contributed by atoms with Crippen molar-refractivity contribution < 1.29 is 19.1 Å². The fraction of sp³-hybridized carbons (Fsp3) is 0.261. The van der Waals surface area contributed by atoms with Crippen molar-refractivity contribution in [3.8, 4) is 5.75 Å². The minimum Gasteiger partial charge on any atom is -0.496 e. The molecular weight excluding hydrogens is 396 g/mol. The molecule has 0 saturated heterocycles. The molecule has 2 aromatic carbocycles. The fourth-order valence-corrected chi connectivity index (χ4v) is 3.76. The van der Waals surface area contributed by atoms with Crippen molar-refractivity contribution in [1.82, 2.24) is 15.2 Å². The smallest absolute Gasteiger partial charge is 0.254 e. The first-order valence-corrected chi connectivity index (χ1v) is 10.2. The summed E-state index contributed by atoms with van der Waals surface area (Å²) >= 11 is 0. The van der Waals surface area contributed by atoms with Gasteiger partial charge in [-0.1, -0.05) is 18.2 Å². The zero-order valence-corrected chi connectivity index (χ0v) is 17.2. The number of aryl methyl sites for hydroxylation is 1. The van der Waals surface area contributed by atoms with Crippen LogP contribution < -0.4 is 20.7 Å². The van der Waals surface area contributed by atoms with Gasteiger partial charge in [0, 0.05) is 24.7 Å². The number of para-hydroxylation sites is 1. The van der Waals surface area contributed by atoms with E-state index in [0.29, 0.717) is 17.8 Å². The summed E-state index contributed by atoms with van der Waals surface area (Å²) in [6.45, 7) is 1.19. The normalized spacial score (nSPS) is 15.6. The average Bonchev–Trinajstić information content (AvgIpc) is 3.14. The highest BCUT2D eigenvalue weighted by atomic mass is 16.5. The van der Waals surface area contributed by atoms with Crippen LogP contribution in [0.1, 0.15) is 23.2 Å². The van der Waals surface area contributed by atoms with Gasteiger partial charge in [0.2, 0.25) is 11.8 Å². The molecule has 8 nitrogen and oxygen atoms in total. The molecule has 1 aliphatic heterocycles. The number of benzene rings is 2. The lowest BCUT2D eigenvalue weighted by Gasteiger charge is -2.14. The van der Waals surface area contributed by atoms with Gasteiger partial charge in [-0.15, -0.1) is 0 Å².